The van der Waals surface area contributed by atoms with Crippen LogP contribution in [0.1, 0.15) is 44.5 Å². The maximum atomic E-state index is 12.3. The summed E-state index contributed by atoms with van der Waals surface area (Å²) in [6, 6.07) is 3.63. The van der Waals surface area contributed by atoms with Gasteiger partial charge in [-0.25, -0.2) is 0 Å². The smallest absolute Gasteiger partial charge is 0.275 e. The first kappa shape index (κ1) is 15.5. The lowest BCUT2D eigenvalue weighted by Gasteiger charge is -2.13. The Morgan fingerprint density at radius 3 is 2.78 bits per heavy atom. The number of anilines is 1. The molecule has 0 bridgehead atoms. The van der Waals surface area contributed by atoms with Crippen molar-refractivity contribution in [3.63, 3.8) is 0 Å². The maximum Gasteiger partial charge on any atom is 0.275 e. The minimum atomic E-state index is -0.352. The summed E-state index contributed by atoms with van der Waals surface area (Å²) in [5, 5.41) is 2.72. The van der Waals surface area contributed by atoms with Gasteiger partial charge < -0.3 is 20.4 Å². The van der Waals surface area contributed by atoms with Gasteiger partial charge in [0.2, 0.25) is 0 Å². The van der Waals surface area contributed by atoms with Gasteiger partial charge in [-0.05, 0) is 43.4 Å². The average molecular weight is 334 g/mol. The summed E-state index contributed by atoms with van der Waals surface area (Å²) in [6.45, 7) is 3.53. The molecule has 1 fully saturated rings. The molecule has 8 heteroatoms. The Balaban J connectivity index is 1.68. The van der Waals surface area contributed by atoms with Gasteiger partial charge in [0.25, 0.3) is 11.8 Å². The minimum absolute atomic E-state index is 0.153. The third kappa shape index (κ3) is 3.21. The van der Waals surface area contributed by atoms with Crippen LogP contribution >= 0.6 is 11.5 Å². The summed E-state index contributed by atoms with van der Waals surface area (Å²) in [6.07, 6.45) is 1.98. The zero-order valence-electron chi connectivity index (χ0n) is 12.8. The zero-order valence-corrected chi connectivity index (χ0v) is 13.6. The van der Waals surface area contributed by atoms with Crippen LogP contribution in [0.5, 0.6) is 0 Å². The number of nitrogens with one attached hydrogen (secondary N) is 1. The molecule has 0 saturated carbocycles. The summed E-state index contributed by atoms with van der Waals surface area (Å²) in [7, 11) is 0. The van der Waals surface area contributed by atoms with Crippen molar-refractivity contribution in [2.75, 3.05) is 18.8 Å². The van der Waals surface area contributed by atoms with Gasteiger partial charge in [0.1, 0.15) is 16.4 Å². The second-order valence-corrected chi connectivity index (χ2v) is 6.24. The Morgan fingerprint density at radius 2 is 2.13 bits per heavy atom. The molecule has 0 atom stereocenters. The van der Waals surface area contributed by atoms with Gasteiger partial charge in [0, 0.05) is 13.1 Å². The van der Waals surface area contributed by atoms with E-state index in [1.807, 2.05) is 13.0 Å². The number of amides is 2. The SMILES string of the molecule is Cc1ccc(CNC(=O)c2snc(C(=O)N3CCCC3)c2N)o1. The summed E-state index contributed by atoms with van der Waals surface area (Å²) in [5.74, 6) is 0.892. The lowest BCUT2D eigenvalue weighted by atomic mass is 10.2. The van der Waals surface area contributed by atoms with E-state index in [-0.39, 0.29) is 34.6 Å². The van der Waals surface area contributed by atoms with Gasteiger partial charge in [-0.2, -0.15) is 4.37 Å². The van der Waals surface area contributed by atoms with Crippen molar-refractivity contribution in [1.29, 1.82) is 0 Å². The Hall–Kier alpha value is -2.35. The van der Waals surface area contributed by atoms with Crippen molar-refractivity contribution in [1.82, 2.24) is 14.6 Å². The number of rotatable bonds is 4. The van der Waals surface area contributed by atoms with E-state index < -0.39 is 0 Å². The molecule has 0 radical (unpaired) electrons. The molecule has 2 aromatic rings. The number of furan rings is 1. The fourth-order valence-electron chi connectivity index (χ4n) is 2.51. The molecule has 3 rings (SSSR count). The third-order valence-corrected chi connectivity index (χ3v) is 4.61. The lowest BCUT2D eigenvalue weighted by molar-refractivity contribution is 0.0789. The molecule has 0 aromatic carbocycles. The summed E-state index contributed by atoms with van der Waals surface area (Å²) >= 11 is 0.947. The molecule has 1 aliphatic rings. The average Bonchev–Trinajstić information content (AvgIpc) is 3.25. The molecule has 7 nitrogen and oxygen atoms in total. The van der Waals surface area contributed by atoms with E-state index in [4.69, 9.17) is 10.2 Å². The maximum absolute atomic E-state index is 12.3. The number of hydrogen-bond acceptors (Lipinski definition) is 6. The van der Waals surface area contributed by atoms with E-state index >= 15 is 0 Å². The predicted octanol–water partition coefficient (Wildman–Crippen LogP) is 1.79. The van der Waals surface area contributed by atoms with Crippen molar-refractivity contribution in [2.24, 2.45) is 0 Å². The minimum Gasteiger partial charge on any atom is -0.465 e. The molecular weight excluding hydrogens is 316 g/mol. The lowest BCUT2D eigenvalue weighted by Crippen LogP contribution is -2.29. The number of nitrogen functional groups attached to an aromatic ring is 1. The summed E-state index contributed by atoms with van der Waals surface area (Å²) in [4.78, 5) is 26.5. The van der Waals surface area contributed by atoms with Crippen LogP contribution in [-0.2, 0) is 6.54 Å². The third-order valence-electron chi connectivity index (χ3n) is 3.75. The summed E-state index contributed by atoms with van der Waals surface area (Å²) < 4.78 is 9.47. The van der Waals surface area contributed by atoms with Crippen molar-refractivity contribution >= 4 is 29.0 Å². The first-order valence-electron chi connectivity index (χ1n) is 7.44. The van der Waals surface area contributed by atoms with E-state index in [1.165, 1.54) is 0 Å². The molecule has 2 amide bonds. The van der Waals surface area contributed by atoms with E-state index in [2.05, 4.69) is 9.69 Å². The van der Waals surface area contributed by atoms with Crippen LogP contribution in [-0.4, -0.2) is 34.2 Å². The highest BCUT2D eigenvalue weighted by molar-refractivity contribution is 7.09. The number of hydrogen-bond donors (Lipinski definition) is 2. The fraction of sp³-hybridized carbons (Fsp3) is 0.400. The number of likely N-dealkylation sites (tertiary alicyclic amines) is 1. The number of nitrogens with zero attached hydrogens (tertiary/aromatic N) is 2. The molecule has 3 N–H and O–H groups in total. The highest BCUT2D eigenvalue weighted by Crippen LogP contribution is 2.24. The number of carbonyl (C=O) groups excluding carboxylic acids is 2. The normalized spacial score (nSPS) is 14.2. The number of aryl methyl sites for hydroxylation is 1. The number of nitrogens with two attached hydrogens (primary N) is 1. The van der Waals surface area contributed by atoms with Gasteiger partial charge in [-0.1, -0.05) is 0 Å². The molecule has 3 heterocycles. The number of aromatic nitrogens is 1. The monoisotopic (exact) mass is 334 g/mol. The van der Waals surface area contributed by atoms with Crippen LogP contribution in [0.25, 0.3) is 0 Å². The van der Waals surface area contributed by atoms with E-state index in [9.17, 15) is 9.59 Å². The second-order valence-electron chi connectivity index (χ2n) is 5.47. The van der Waals surface area contributed by atoms with Crippen LogP contribution in [0, 0.1) is 6.92 Å². The first-order valence-corrected chi connectivity index (χ1v) is 8.21. The van der Waals surface area contributed by atoms with Gasteiger partial charge >= 0.3 is 0 Å². The van der Waals surface area contributed by atoms with E-state index in [1.54, 1.807) is 11.0 Å². The van der Waals surface area contributed by atoms with E-state index in [0.717, 1.165) is 43.2 Å². The highest BCUT2D eigenvalue weighted by atomic mass is 32.1. The largest absolute Gasteiger partial charge is 0.465 e. The second kappa shape index (κ2) is 6.41. The standard InChI is InChI=1S/C15H18N4O3S/c1-9-4-5-10(22-9)8-17-14(20)13-11(16)12(18-23-13)15(21)19-6-2-3-7-19/h4-5H,2-3,6-8,16H2,1H3,(H,17,20). The van der Waals surface area contributed by atoms with Gasteiger partial charge in [0.15, 0.2) is 5.69 Å². The van der Waals surface area contributed by atoms with Gasteiger partial charge in [0.05, 0.1) is 12.2 Å². The Labute approximate surface area is 137 Å². The highest BCUT2D eigenvalue weighted by Gasteiger charge is 2.27. The zero-order chi connectivity index (χ0) is 16.4. The molecule has 0 aliphatic carbocycles. The molecular formula is C15H18N4O3S. The quantitative estimate of drug-likeness (QED) is 0.887. The van der Waals surface area contributed by atoms with Crippen LogP contribution < -0.4 is 11.1 Å². The molecule has 0 spiro atoms. The molecule has 122 valence electrons. The Bertz CT molecular complexity index is 731. The first-order chi connectivity index (χ1) is 11.1. The van der Waals surface area contributed by atoms with Gasteiger partial charge in [-0.15, -0.1) is 0 Å². The Morgan fingerprint density at radius 1 is 1.39 bits per heavy atom. The van der Waals surface area contributed by atoms with Crippen LogP contribution in [0.15, 0.2) is 16.5 Å². The van der Waals surface area contributed by atoms with Crippen molar-refractivity contribution in [3.05, 3.63) is 34.2 Å². The van der Waals surface area contributed by atoms with Crippen LogP contribution in [0.4, 0.5) is 5.69 Å². The molecule has 1 saturated heterocycles. The Kier molecular flexibility index (Phi) is 4.33. The van der Waals surface area contributed by atoms with Crippen molar-refractivity contribution in [2.45, 2.75) is 26.3 Å². The van der Waals surface area contributed by atoms with E-state index in [0.29, 0.717) is 5.76 Å². The molecule has 2 aromatic heterocycles. The van der Waals surface area contributed by atoms with Crippen molar-refractivity contribution < 1.29 is 14.0 Å². The van der Waals surface area contributed by atoms with Crippen molar-refractivity contribution in [3.8, 4) is 0 Å². The molecule has 23 heavy (non-hydrogen) atoms. The topological polar surface area (TPSA) is 101 Å². The van der Waals surface area contributed by atoms with Gasteiger partial charge in [-0.3, -0.25) is 9.59 Å². The predicted molar refractivity (Wildman–Crippen MR) is 86.3 cm³/mol. The summed E-state index contributed by atoms with van der Waals surface area (Å²) in [5.41, 5.74) is 6.29. The molecule has 1 aliphatic heterocycles. The fourth-order valence-corrected chi connectivity index (χ4v) is 3.22. The molecule has 0 unspecified atom stereocenters. The number of carbonyl (C=O) groups is 2. The van der Waals surface area contributed by atoms with Crippen LogP contribution in [0.2, 0.25) is 0 Å². The van der Waals surface area contributed by atoms with Crippen LogP contribution in [0.3, 0.4) is 0 Å².